The molecule has 0 aliphatic carbocycles. The van der Waals surface area contributed by atoms with Crippen LogP contribution in [0.15, 0.2) is 41.6 Å². The molecule has 1 aromatic rings. The third-order valence-electron chi connectivity index (χ3n) is 3.65. The molecular weight excluding hydrogens is 324 g/mol. The number of carbonyl (C=O) groups excluding carboxylic acids is 2. The van der Waals surface area contributed by atoms with Crippen molar-refractivity contribution in [2.75, 3.05) is 13.2 Å². The van der Waals surface area contributed by atoms with E-state index in [1.807, 2.05) is 6.92 Å². The first-order valence-electron chi connectivity index (χ1n) is 8.00. The van der Waals surface area contributed by atoms with Crippen LogP contribution in [0.25, 0.3) is 0 Å². The molecule has 1 atom stereocenters. The standard InChI is InChI=1S/C18H22N2O5/c1-4-6-9-25-17(22)15-11(3)19-18(23)20-16(15)12-7-8-13(21)14(10-12)24-5-2/h4,6-8,10,16,21H,5,9H2,1-3H3,(H2,19,20,23)/b6-4+/t16-/m0/s1. The molecule has 2 amide bonds. The summed E-state index contributed by atoms with van der Waals surface area (Å²) in [5.74, 6) is -0.255. The van der Waals surface area contributed by atoms with Gasteiger partial charge in [-0.25, -0.2) is 9.59 Å². The van der Waals surface area contributed by atoms with Crippen molar-refractivity contribution in [3.8, 4) is 11.5 Å². The number of esters is 1. The number of hydrogen-bond acceptors (Lipinski definition) is 5. The minimum atomic E-state index is -0.702. The van der Waals surface area contributed by atoms with Gasteiger partial charge in [0.15, 0.2) is 11.5 Å². The molecular formula is C18H22N2O5. The van der Waals surface area contributed by atoms with E-state index in [1.165, 1.54) is 6.07 Å². The van der Waals surface area contributed by atoms with Gasteiger partial charge in [0, 0.05) is 5.70 Å². The summed E-state index contributed by atoms with van der Waals surface area (Å²) in [5.41, 5.74) is 1.33. The number of phenols is 1. The van der Waals surface area contributed by atoms with E-state index in [2.05, 4.69) is 10.6 Å². The topological polar surface area (TPSA) is 96.9 Å². The van der Waals surface area contributed by atoms with Crippen LogP contribution in [0.2, 0.25) is 0 Å². The molecule has 0 fully saturated rings. The van der Waals surface area contributed by atoms with E-state index in [9.17, 15) is 14.7 Å². The first kappa shape index (κ1) is 18.4. The fraction of sp³-hybridized carbons (Fsp3) is 0.333. The number of allylic oxidation sites excluding steroid dienone is 2. The number of phenolic OH excluding ortho intramolecular Hbond substituents is 1. The van der Waals surface area contributed by atoms with Crippen LogP contribution in [0.4, 0.5) is 4.79 Å². The Bertz CT molecular complexity index is 724. The zero-order valence-corrected chi connectivity index (χ0v) is 14.5. The van der Waals surface area contributed by atoms with Crippen molar-refractivity contribution in [2.24, 2.45) is 0 Å². The molecule has 0 bridgehead atoms. The molecule has 0 saturated carbocycles. The van der Waals surface area contributed by atoms with Gasteiger partial charge in [-0.3, -0.25) is 0 Å². The Morgan fingerprint density at radius 2 is 2.16 bits per heavy atom. The summed E-state index contributed by atoms with van der Waals surface area (Å²) in [6.45, 7) is 5.79. The van der Waals surface area contributed by atoms with Crippen LogP contribution in [0.3, 0.4) is 0 Å². The fourth-order valence-corrected chi connectivity index (χ4v) is 2.49. The lowest BCUT2D eigenvalue weighted by atomic mass is 9.95. The van der Waals surface area contributed by atoms with Crippen LogP contribution >= 0.6 is 0 Å². The Morgan fingerprint density at radius 3 is 2.84 bits per heavy atom. The smallest absolute Gasteiger partial charge is 0.338 e. The molecule has 3 N–H and O–H groups in total. The highest BCUT2D eigenvalue weighted by Crippen LogP contribution is 2.34. The third-order valence-corrected chi connectivity index (χ3v) is 3.65. The van der Waals surface area contributed by atoms with Crippen molar-refractivity contribution in [1.29, 1.82) is 0 Å². The molecule has 0 saturated heterocycles. The summed E-state index contributed by atoms with van der Waals surface area (Å²) in [7, 11) is 0. The number of amides is 2. The highest BCUT2D eigenvalue weighted by Gasteiger charge is 2.32. The Hall–Kier alpha value is -2.96. The van der Waals surface area contributed by atoms with Crippen molar-refractivity contribution in [2.45, 2.75) is 26.8 Å². The van der Waals surface area contributed by atoms with E-state index in [0.29, 0.717) is 23.4 Å². The maximum atomic E-state index is 12.5. The van der Waals surface area contributed by atoms with Gasteiger partial charge in [-0.15, -0.1) is 0 Å². The van der Waals surface area contributed by atoms with Gasteiger partial charge in [-0.05, 0) is 38.5 Å². The van der Waals surface area contributed by atoms with Gasteiger partial charge in [0.25, 0.3) is 0 Å². The number of benzene rings is 1. The van der Waals surface area contributed by atoms with E-state index in [0.717, 1.165) is 0 Å². The number of hydrogen-bond donors (Lipinski definition) is 3. The van der Waals surface area contributed by atoms with Crippen LogP contribution in [0, 0.1) is 0 Å². The highest BCUT2D eigenvalue weighted by atomic mass is 16.5. The lowest BCUT2D eigenvalue weighted by Gasteiger charge is -2.28. The number of rotatable bonds is 6. The lowest BCUT2D eigenvalue weighted by Crippen LogP contribution is -2.45. The summed E-state index contributed by atoms with van der Waals surface area (Å²) in [5, 5.41) is 15.1. The van der Waals surface area contributed by atoms with Gasteiger partial charge in [0.2, 0.25) is 0 Å². The van der Waals surface area contributed by atoms with Gasteiger partial charge >= 0.3 is 12.0 Å². The average Bonchev–Trinajstić information content (AvgIpc) is 2.56. The van der Waals surface area contributed by atoms with E-state index in [4.69, 9.17) is 9.47 Å². The number of aromatic hydroxyl groups is 1. The summed E-state index contributed by atoms with van der Waals surface area (Å²) in [4.78, 5) is 24.3. The monoisotopic (exact) mass is 346 g/mol. The normalized spacial score (nSPS) is 17.2. The van der Waals surface area contributed by atoms with Gasteiger partial charge in [-0.2, -0.15) is 0 Å². The fourth-order valence-electron chi connectivity index (χ4n) is 2.49. The molecule has 0 unspecified atom stereocenters. The molecule has 0 radical (unpaired) electrons. The number of urea groups is 1. The summed E-state index contributed by atoms with van der Waals surface area (Å²) >= 11 is 0. The van der Waals surface area contributed by atoms with Crippen molar-refractivity contribution in [1.82, 2.24) is 10.6 Å². The largest absolute Gasteiger partial charge is 0.504 e. The molecule has 7 nitrogen and oxygen atoms in total. The SMILES string of the molecule is C/C=C/COC(=O)C1=C(C)NC(=O)N[C@H]1c1ccc(O)c(OCC)c1. The van der Waals surface area contributed by atoms with Crippen molar-refractivity contribution in [3.05, 3.63) is 47.2 Å². The third kappa shape index (κ3) is 4.32. The van der Waals surface area contributed by atoms with E-state index < -0.39 is 18.0 Å². The maximum absolute atomic E-state index is 12.5. The van der Waals surface area contributed by atoms with E-state index in [1.54, 1.807) is 38.1 Å². The number of ether oxygens (including phenoxy) is 2. The minimum absolute atomic E-state index is 0.0104. The molecule has 1 aliphatic rings. The molecule has 0 aromatic heterocycles. The minimum Gasteiger partial charge on any atom is -0.504 e. The molecule has 25 heavy (non-hydrogen) atoms. The molecule has 7 heteroatoms. The predicted molar refractivity (Wildman–Crippen MR) is 92.2 cm³/mol. The quantitative estimate of drug-likeness (QED) is 0.543. The average molecular weight is 346 g/mol. The molecule has 2 rings (SSSR count). The van der Waals surface area contributed by atoms with Gasteiger partial charge in [0.1, 0.15) is 6.61 Å². The Kier molecular flexibility index (Phi) is 6.05. The van der Waals surface area contributed by atoms with Crippen molar-refractivity contribution in [3.63, 3.8) is 0 Å². The number of nitrogens with one attached hydrogen (secondary N) is 2. The Balaban J connectivity index is 2.38. The van der Waals surface area contributed by atoms with Crippen LogP contribution in [-0.2, 0) is 9.53 Å². The predicted octanol–water partition coefficient (Wildman–Crippen LogP) is 2.54. The van der Waals surface area contributed by atoms with Crippen LogP contribution < -0.4 is 15.4 Å². The summed E-state index contributed by atoms with van der Waals surface area (Å²) in [6, 6.07) is 3.57. The molecule has 1 aliphatic heterocycles. The second kappa shape index (κ2) is 8.23. The Labute approximate surface area is 146 Å². The van der Waals surface area contributed by atoms with Crippen LogP contribution in [0.5, 0.6) is 11.5 Å². The molecule has 0 spiro atoms. The highest BCUT2D eigenvalue weighted by molar-refractivity contribution is 5.95. The second-order valence-corrected chi connectivity index (χ2v) is 5.40. The first-order chi connectivity index (χ1) is 12.0. The molecule has 134 valence electrons. The van der Waals surface area contributed by atoms with Gasteiger partial charge in [0.05, 0.1) is 18.2 Å². The maximum Gasteiger partial charge on any atom is 0.338 e. The zero-order valence-electron chi connectivity index (χ0n) is 14.5. The Morgan fingerprint density at radius 1 is 1.40 bits per heavy atom. The molecule has 1 aromatic carbocycles. The van der Waals surface area contributed by atoms with Crippen molar-refractivity contribution >= 4 is 12.0 Å². The van der Waals surface area contributed by atoms with E-state index in [-0.39, 0.29) is 18.1 Å². The van der Waals surface area contributed by atoms with Crippen molar-refractivity contribution < 1.29 is 24.2 Å². The summed E-state index contributed by atoms with van der Waals surface area (Å²) < 4.78 is 10.6. The second-order valence-electron chi connectivity index (χ2n) is 5.40. The van der Waals surface area contributed by atoms with Crippen LogP contribution in [0.1, 0.15) is 32.4 Å². The van der Waals surface area contributed by atoms with Gasteiger partial charge in [-0.1, -0.05) is 18.2 Å². The zero-order chi connectivity index (χ0) is 18.4. The van der Waals surface area contributed by atoms with E-state index >= 15 is 0 Å². The summed E-state index contributed by atoms with van der Waals surface area (Å²) in [6.07, 6.45) is 3.49. The first-order valence-corrected chi connectivity index (χ1v) is 8.00. The lowest BCUT2D eigenvalue weighted by molar-refractivity contribution is -0.138. The van der Waals surface area contributed by atoms with Crippen LogP contribution in [-0.4, -0.2) is 30.3 Å². The number of carbonyl (C=O) groups is 2. The van der Waals surface area contributed by atoms with Gasteiger partial charge < -0.3 is 25.2 Å². The molecule has 1 heterocycles.